The molecule has 0 aliphatic heterocycles. The Morgan fingerprint density at radius 2 is 1.50 bits per heavy atom. The number of ether oxygens (including phenoxy) is 1. The summed E-state index contributed by atoms with van der Waals surface area (Å²) in [5.74, 6) is 0.968. The number of hydrogen-bond acceptors (Lipinski definition) is 1. The van der Waals surface area contributed by atoms with Crippen LogP contribution in [0.15, 0.2) is 54.6 Å². The van der Waals surface area contributed by atoms with Gasteiger partial charge in [-0.15, -0.1) is 0 Å². The van der Waals surface area contributed by atoms with Gasteiger partial charge in [0.25, 0.3) is 0 Å². The van der Waals surface area contributed by atoms with Crippen molar-refractivity contribution in [3.63, 3.8) is 0 Å². The Kier molecular flexibility index (Phi) is 4.27. The van der Waals surface area contributed by atoms with E-state index in [1.54, 1.807) is 0 Å². The second-order valence-corrected chi connectivity index (χ2v) is 8.09. The molecule has 0 N–H and O–H groups in total. The van der Waals surface area contributed by atoms with Gasteiger partial charge in [-0.05, 0) is 0 Å². The predicted molar refractivity (Wildman–Crippen MR) is 70.7 cm³/mol. The van der Waals surface area contributed by atoms with Crippen LogP contribution in [-0.4, -0.2) is 5.60 Å². The molecule has 2 aromatic rings. The van der Waals surface area contributed by atoms with Crippen LogP contribution < -0.4 is 25.9 Å². The summed E-state index contributed by atoms with van der Waals surface area (Å²) in [7, 11) is 0. The van der Waals surface area contributed by atoms with Gasteiger partial charge in [0.05, 0.1) is 0 Å². The van der Waals surface area contributed by atoms with Gasteiger partial charge in [0, 0.05) is 0 Å². The van der Waals surface area contributed by atoms with E-state index in [4.69, 9.17) is 4.74 Å². The van der Waals surface area contributed by atoms with Crippen LogP contribution in [0.25, 0.3) is 0 Å². The van der Waals surface area contributed by atoms with Crippen LogP contribution in [-0.2, 0) is 0 Å². The summed E-state index contributed by atoms with van der Waals surface area (Å²) in [5.41, 5.74) is -0.135. The minimum atomic E-state index is -0.135. The number of halogens is 1. The maximum absolute atomic E-state index is 5.90. The summed E-state index contributed by atoms with van der Waals surface area (Å²) >= 11 is -0.111. The Bertz CT molecular complexity index is 500. The van der Waals surface area contributed by atoms with Crippen LogP contribution in [0.3, 0.4) is 0 Å². The van der Waals surface area contributed by atoms with E-state index in [1.807, 2.05) is 6.07 Å². The molecule has 0 fully saturated rings. The van der Waals surface area contributed by atoms with Gasteiger partial charge < -0.3 is 0 Å². The third-order valence-electron chi connectivity index (χ3n) is 2.17. The molecule has 2 rings (SSSR count). The molecule has 0 aliphatic carbocycles. The van der Waals surface area contributed by atoms with E-state index in [-0.39, 0.29) is 26.8 Å². The quantitative estimate of drug-likeness (QED) is 0.748. The van der Waals surface area contributed by atoms with Crippen LogP contribution in [0.4, 0.5) is 0 Å². The first-order chi connectivity index (χ1) is 8.53. The summed E-state index contributed by atoms with van der Waals surface area (Å²) in [6.45, 7) is 6.23. The molecule has 2 aromatic carbocycles. The van der Waals surface area contributed by atoms with Crippen LogP contribution >= 0.6 is 0 Å². The molecular weight excluding hydrogens is 335 g/mol. The van der Waals surface area contributed by atoms with Gasteiger partial charge in [-0.3, -0.25) is 0 Å². The third kappa shape index (κ3) is 4.33. The van der Waals surface area contributed by atoms with E-state index in [9.17, 15) is 0 Å². The first kappa shape index (κ1) is 13.4. The third-order valence-corrected chi connectivity index (χ3v) is 4.81. The average molecular weight is 353 g/mol. The van der Waals surface area contributed by atoms with E-state index in [0.717, 1.165) is 5.75 Å². The fourth-order valence-electron chi connectivity index (χ4n) is 1.55. The Morgan fingerprint density at radius 3 is 2.17 bits per heavy atom. The molecule has 0 bridgehead atoms. The van der Waals surface area contributed by atoms with Gasteiger partial charge in [-0.25, -0.2) is 0 Å². The number of hydrogen-bond donors (Lipinski definition) is 0. The molecular formula is C16H18IO-. The first-order valence-corrected chi connectivity index (χ1v) is 8.18. The first-order valence-electron chi connectivity index (χ1n) is 6.02. The molecule has 96 valence electrons. The summed E-state index contributed by atoms with van der Waals surface area (Å²) < 4.78 is 8.72. The molecule has 0 radical (unpaired) electrons. The molecule has 0 saturated carbocycles. The Balaban J connectivity index is 2.13. The predicted octanol–water partition coefficient (Wildman–Crippen LogP) is 0.992. The van der Waals surface area contributed by atoms with Gasteiger partial charge in [0.15, 0.2) is 0 Å². The van der Waals surface area contributed by atoms with Crippen molar-refractivity contribution >= 4 is 0 Å². The molecule has 2 heteroatoms. The van der Waals surface area contributed by atoms with E-state index in [0.29, 0.717) is 0 Å². The van der Waals surface area contributed by atoms with Crippen LogP contribution in [0.5, 0.6) is 5.75 Å². The van der Waals surface area contributed by atoms with Gasteiger partial charge in [-0.1, -0.05) is 0 Å². The molecule has 1 nitrogen and oxygen atoms in total. The van der Waals surface area contributed by atoms with Crippen molar-refractivity contribution in [3.05, 3.63) is 61.7 Å². The van der Waals surface area contributed by atoms with Crippen molar-refractivity contribution in [1.82, 2.24) is 0 Å². The molecule has 0 saturated heterocycles. The van der Waals surface area contributed by atoms with Gasteiger partial charge in [0.1, 0.15) is 0 Å². The van der Waals surface area contributed by atoms with Crippen LogP contribution in [0.1, 0.15) is 20.8 Å². The van der Waals surface area contributed by atoms with Crippen molar-refractivity contribution < 1.29 is 25.9 Å². The zero-order valence-electron chi connectivity index (χ0n) is 11.0. The van der Waals surface area contributed by atoms with Crippen molar-refractivity contribution in [2.24, 2.45) is 0 Å². The molecule has 0 aliphatic rings. The Labute approximate surface area is 119 Å². The van der Waals surface area contributed by atoms with Crippen molar-refractivity contribution in [1.29, 1.82) is 0 Å². The molecule has 0 spiro atoms. The summed E-state index contributed by atoms with van der Waals surface area (Å²) in [5, 5.41) is 0. The summed E-state index contributed by atoms with van der Waals surface area (Å²) in [6, 6.07) is 19.1. The fraction of sp³-hybridized carbons (Fsp3) is 0.250. The Hall–Kier alpha value is -1.03. The maximum atomic E-state index is 5.90. The standard InChI is InChI=1S/C16H18IO/c1-16(2,3)18-15-11-7-10-14(12-15)17-13-8-5-4-6-9-13/h4-12H,1-3H3/q-1. The van der Waals surface area contributed by atoms with E-state index >= 15 is 0 Å². The normalized spacial score (nSPS) is 11.5. The molecule has 0 aromatic heterocycles. The fourth-order valence-corrected chi connectivity index (χ4v) is 3.89. The van der Waals surface area contributed by atoms with Crippen molar-refractivity contribution in [3.8, 4) is 5.75 Å². The monoisotopic (exact) mass is 353 g/mol. The van der Waals surface area contributed by atoms with Crippen LogP contribution in [0.2, 0.25) is 0 Å². The molecule has 0 atom stereocenters. The van der Waals surface area contributed by atoms with Gasteiger partial charge in [0.2, 0.25) is 0 Å². The molecule has 0 amide bonds. The topological polar surface area (TPSA) is 9.23 Å². The van der Waals surface area contributed by atoms with E-state index < -0.39 is 0 Å². The molecule has 0 unspecified atom stereocenters. The Morgan fingerprint density at radius 1 is 0.833 bits per heavy atom. The second kappa shape index (κ2) is 5.74. The number of rotatable bonds is 3. The summed E-state index contributed by atoms with van der Waals surface area (Å²) in [6.07, 6.45) is 0. The zero-order valence-corrected chi connectivity index (χ0v) is 13.1. The summed E-state index contributed by atoms with van der Waals surface area (Å²) in [4.78, 5) is 0. The van der Waals surface area contributed by atoms with Crippen molar-refractivity contribution in [2.45, 2.75) is 26.4 Å². The zero-order chi connectivity index (χ0) is 13.0. The van der Waals surface area contributed by atoms with E-state index in [1.165, 1.54) is 7.14 Å². The molecule has 0 heterocycles. The second-order valence-electron chi connectivity index (χ2n) is 5.06. The van der Waals surface area contributed by atoms with Crippen molar-refractivity contribution in [2.75, 3.05) is 0 Å². The van der Waals surface area contributed by atoms with Gasteiger partial charge >= 0.3 is 120 Å². The van der Waals surface area contributed by atoms with E-state index in [2.05, 4.69) is 69.3 Å². The average Bonchev–Trinajstić information content (AvgIpc) is 2.28. The molecule has 18 heavy (non-hydrogen) atoms. The van der Waals surface area contributed by atoms with Gasteiger partial charge in [-0.2, -0.15) is 0 Å². The number of benzene rings is 2. The minimum absolute atomic E-state index is 0.111. The SMILES string of the molecule is CC(C)(C)Oc1cccc([I-]c2ccccc2)c1. The van der Waals surface area contributed by atoms with Crippen LogP contribution in [0, 0.1) is 7.14 Å².